The molecule has 0 bridgehead atoms. The molecular formula is C18H26N2O3. The van der Waals surface area contributed by atoms with Crippen molar-refractivity contribution in [3.63, 3.8) is 0 Å². The molecular weight excluding hydrogens is 292 g/mol. The van der Waals surface area contributed by atoms with E-state index >= 15 is 0 Å². The Morgan fingerprint density at radius 1 is 1.26 bits per heavy atom. The lowest BCUT2D eigenvalue weighted by atomic mass is 10.0. The zero-order valence-corrected chi connectivity index (χ0v) is 14.4. The van der Waals surface area contributed by atoms with Gasteiger partial charge in [0.25, 0.3) is 0 Å². The summed E-state index contributed by atoms with van der Waals surface area (Å²) in [7, 11) is 7.20. The highest BCUT2D eigenvalue weighted by atomic mass is 16.5. The standard InChI is InChI=1S/C18H26N2O3/c1-19-12-10-15(11-13-19)20(2)17(21)9-8-14-6-5-7-16(22-3)18(14)23-4/h5-9,15H,10-13H2,1-4H3/b9-8+. The topological polar surface area (TPSA) is 42.0 Å². The lowest BCUT2D eigenvalue weighted by Crippen LogP contribution is -2.43. The van der Waals surface area contributed by atoms with Crippen LogP contribution in [-0.2, 0) is 4.79 Å². The molecule has 0 unspecified atom stereocenters. The molecule has 1 aromatic rings. The molecule has 5 heteroatoms. The Bertz CT molecular complexity index is 563. The molecule has 23 heavy (non-hydrogen) atoms. The van der Waals surface area contributed by atoms with E-state index in [1.54, 1.807) is 26.4 Å². The molecule has 0 N–H and O–H groups in total. The molecule has 0 aromatic heterocycles. The molecule has 1 aliphatic rings. The van der Waals surface area contributed by atoms with Gasteiger partial charge < -0.3 is 19.3 Å². The number of ether oxygens (including phenoxy) is 2. The van der Waals surface area contributed by atoms with Gasteiger partial charge >= 0.3 is 0 Å². The molecule has 0 saturated carbocycles. The molecule has 0 aliphatic carbocycles. The van der Waals surface area contributed by atoms with Gasteiger partial charge in [0, 0.05) is 24.7 Å². The number of para-hydroxylation sites is 1. The summed E-state index contributed by atoms with van der Waals surface area (Å²) in [6.07, 6.45) is 5.44. The molecule has 1 heterocycles. The van der Waals surface area contributed by atoms with Gasteiger partial charge in [-0.2, -0.15) is 0 Å². The zero-order valence-electron chi connectivity index (χ0n) is 14.4. The monoisotopic (exact) mass is 318 g/mol. The van der Waals surface area contributed by atoms with E-state index in [-0.39, 0.29) is 5.91 Å². The van der Waals surface area contributed by atoms with Gasteiger partial charge in [-0.05, 0) is 45.1 Å². The quantitative estimate of drug-likeness (QED) is 0.781. The maximum absolute atomic E-state index is 12.4. The highest BCUT2D eigenvalue weighted by molar-refractivity contribution is 5.92. The van der Waals surface area contributed by atoms with Gasteiger partial charge in [0.15, 0.2) is 11.5 Å². The van der Waals surface area contributed by atoms with Crippen LogP contribution in [0.4, 0.5) is 0 Å². The van der Waals surface area contributed by atoms with E-state index in [9.17, 15) is 4.79 Å². The number of rotatable bonds is 5. The number of carbonyl (C=O) groups excluding carboxylic acids is 1. The molecule has 0 radical (unpaired) electrons. The maximum Gasteiger partial charge on any atom is 0.246 e. The van der Waals surface area contributed by atoms with Crippen LogP contribution in [0.5, 0.6) is 11.5 Å². The van der Waals surface area contributed by atoms with Crippen molar-refractivity contribution in [1.82, 2.24) is 9.80 Å². The average molecular weight is 318 g/mol. The number of hydrogen-bond acceptors (Lipinski definition) is 4. The second kappa shape index (κ2) is 8.02. The van der Waals surface area contributed by atoms with E-state index in [4.69, 9.17) is 9.47 Å². The largest absolute Gasteiger partial charge is 0.493 e. The third kappa shape index (κ3) is 4.26. The van der Waals surface area contributed by atoms with E-state index in [0.29, 0.717) is 17.5 Å². The fourth-order valence-corrected chi connectivity index (χ4v) is 2.88. The summed E-state index contributed by atoms with van der Waals surface area (Å²) >= 11 is 0. The molecule has 0 spiro atoms. The number of likely N-dealkylation sites (tertiary alicyclic amines) is 1. The van der Waals surface area contributed by atoms with Crippen molar-refractivity contribution in [3.05, 3.63) is 29.8 Å². The first-order valence-corrected chi connectivity index (χ1v) is 7.91. The molecule has 1 fully saturated rings. The summed E-state index contributed by atoms with van der Waals surface area (Å²) < 4.78 is 10.7. The van der Waals surface area contributed by atoms with E-state index in [1.165, 1.54) is 0 Å². The molecule has 1 aromatic carbocycles. The Kier molecular flexibility index (Phi) is 6.04. The Hall–Kier alpha value is -2.01. The molecule has 1 aliphatic heterocycles. The first-order valence-electron chi connectivity index (χ1n) is 7.91. The lowest BCUT2D eigenvalue weighted by Gasteiger charge is -2.34. The van der Waals surface area contributed by atoms with Crippen molar-refractivity contribution < 1.29 is 14.3 Å². The number of benzene rings is 1. The van der Waals surface area contributed by atoms with Crippen molar-refractivity contribution in [2.45, 2.75) is 18.9 Å². The summed E-state index contributed by atoms with van der Waals surface area (Å²) in [5.74, 6) is 1.32. The molecule has 1 saturated heterocycles. The van der Waals surface area contributed by atoms with Crippen molar-refractivity contribution in [3.8, 4) is 11.5 Å². The summed E-state index contributed by atoms with van der Waals surface area (Å²) in [6, 6.07) is 5.94. The van der Waals surface area contributed by atoms with Gasteiger partial charge in [-0.3, -0.25) is 4.79 Å². The molecule has 1 amide bonds. The van der Waals surface area contributed by atoms with Gasteiger partial charge in [-0.15, -0.1) is 0 Å². The van der Waals surface area contributed by atoms with Gasteiger partial charge in [0.2, 0.25) is 5.91 Å². The number of hydrogen-bond donors (Lipinski definition) is 0. The van der Waals surface area contributed by atoms with Crippen LogP contribution >= 0.6 is 0 Å². The highest BCUT2D eigenvalue weighted by Gasteiger charge is 2.22. The lowest BCUT2D eigenvalue weighted by molar-refractivity contribution is -0.127. The SMILES string of the molecule is COc1cccc(/C=C/C(=O)N(C)C2CCN(C)CC2)c1OC. The first-order chi connectivity index (χ1) is 11.1. The number of nitrogens with zero attached hydrogens (tertiary/aromatic N) is 2. The summed E-state index contributed by atoms with van der Waals surface area (Å²) in [5, 5.41) is 0. The van der Waals surface area contributed by atoms with Gasteiger partial charge in [-0.25, -0.2) is 0 Å². The number of carbonyl (C=O) groups is 1. The molecule has 5 nitrogen and oxygen atoms in total. The van der Waals surface area contributed by atoms with Crippen LogP contribution in [0.25, 0.3) is 6.08 Å². The van der Waals surface area contributed by atoms with Crippen molar-refractivity contribution in [1.29, 1.82) is 0 Å². The zero-order chi connectivity index (χ0) is 16.8. The molecule has 126 valence electrons. The minimum atomic E-state index is 0.0180. The van der Waals surface area contributed by atoms with Crippen molar-refractivity contribution >= 4 is 12.0 Å². The number of likely N-dealkylation sites (N-methyl/N-ethyl adjacent to an activating group) is 1. The van der Waals surface area contributed by atoms with E-state index in [0.717, 1.165) is 31.5 Å². The summed E-state index contributed by atoms with van der Waals surface area (Å²) in [4.78, 5) is 16.5. The van der Waals surface area contributed by atoms with Crippen LogP contribution in [0.3, 0.4) is 0 Å². The maximum atomic E-state index is 12.4. The van der Waals surface area contributed by atoms with Crippen LogP contribution in [0.15, 0.2) is 24.3 Å². The fraction of sp³-hybridized carbons (Fsp3) is 0.500. The molecule has 2 rings (SSSR count). The van der Waals surface area contributed by atoms with Crippen LogP contribution in [0.1, 0.15) is 18.4 Å². The third-order valence-corrected chi connectivity index (χ3v) is 4.42. The highest BCUT2D eigenvalue weighted by Crippen LogP contribution is 2.31. The van der Waals surface area contributed by atoms with Crippen molar-refractivity contribution in [2.24, 2.45) is 0 Å². The smallest absolute Gasteiger partial charge is 0.246 e. The Morgan fingerprint density at radius 3 is 2.57 bits per heavy atom. The Balaban J connectivity index is 2.06. The number of piperidine rings is 1. The van der Waals surface area contributed by atoms with Crippen LogP contribution < -0.4 is 9.47 Å². The molecule has 0 atom stereocenters. The minimum Gasteiger partial charge on any atom is -0.493 e. The second-order valence-electron chi connectivity index (χ2n) is 5.90. The van der Waals surface area contributed by atoms with Gasteiger partial charge in [-0.1, -0.05) is 12.1 Å². The average Bonchev–Trinajstić information content (AvgIpc) is 2.59. The first kappa shape index (κ1) is 17.3. The Labute approximate surface area is 138 Å². The number of amides is 1. The normalized spacial score (nSPS) is 16.5. The summed E-state index contributed by atoms with van der Waals surface area (Å²) in [5.41, 5.74) is 0.831. The van der Waals surface area contributed by atoms with E-state index in [1.807, 2.05) is 30.1 Å². The van der Waals surface area contributed by atoms with Gasteiger partial charge in [0.05, 0.1) is 14.2 Å². The van der Waals surface area contributed by atoms with Crippen LogP contribution in [0, 0.1) is 0 Å². The van der Waals surface area contributed by atoms with Crippen molar-refractivity contribution in [2.75, 3.05) is 41.4 Å². The number of methoxy groups -OCH3 is 2. The second-order valence-corrected chi connectivity index (χ2v) is 5.90. The van der Waals surface area contributed by atoms with Crippen LogP contribution in [0.2, 0.25) is 0 Å². The van der Waals surface area contributed by atoms with Gasteiger partial charge in [0.1, 0.15) is 0 Å². The predicted octanol–water partition coefficient (Wildman–Crippen LogP) is 2.27. The van der Waals surface area contributed by atoms with E-state index in [2.05, 4.69) is 11.9 Å². The van der Waals surface area contributed by atoms with Crippen LogP contribution in [-0.4, -0.2) is 63.2 Å². The summed E-state index contributed by atoms with van der Waals surface area (Å²) in [6.45, 7) is 2.07. The minimum absolute atomic E-state index is 0.0180. The third-order valence-electron chi connectivity index (χ3n) is 4.42. The predicted molar refractivity (Wildman–Crippen MR) is 91.9 cm³/mol. The fourth-order valence-electron chi connectivity index (χ4n) is 2.88. The van der Waals surface area contributed by atoms with E-state index < -0.39 is 0 Å². The Morgan fingerprint density at radius 2 is 1.96 bits per heavy atom.